The van der Waals surface area contributed by atoms with E-state index >= 15 is 0 Å². The average Bonchev–Trinajstić information content (AvgIpc) is 3.09. The van der Waals surface area contributed by atoms with Crippen LogP contribution in [0.15, 0.2) is 78.4 Å². The molecular weight excluding hydrogens is 419 g/mol. The number of hydrogen-bond acceptors (Lipinski definition) is 3. The van der Waals surface area contributed by atoms with Gasteiger partial charge in [0.1, 0.15) is 18.1 Å². The Morgan fingerprint density at radius 3 is 2.40 bits per heavy atom. The van der Waals surface area contributed by atoms with Crippen LogP contribution >= 0.6 is 23.2 Å². The van der Waals surface area contributed by atoms with Crippen LogP contribution < -0.4 is 4.74 Å². The third kappa shape index (κ3) is 4.76. The highest BCUT2D eigenvalue weighted by Crippen LogP contribution is 2.28. The summed E-state index contributed by atoms with van der Waals surface area (Å²) in [6, 6.07) is 20.6. The summed E-state index contributed by atoms with van der Waals surface area (Å²) < 4.78 is 11.2. The molecule has 4 rings (SSSR count). The van der Waals surface area contributed by atoms with E-state index in [4.69, 9.17) is 32.7 Å². The number of aryl methyl sites for hydroxylation is 1. The lowest BCUT2D eigenvalue weighted by molar-refractivity contribution is -0.130. The van der Waals surface area contributed by atoms with E-state index < -0.39 is 0 Å². The van der Waals surface area contributed by atoms with E-state index in [1.54, 1.807) is 24.3 Å². The van der Waals surface area contributed by atoms with Crippen LogP contribution in [0.1, 0.15) is 22.3 Å². The van der Waals surface area contributed by atoms with Crippen LogP contribution in [0.2, 0.25) is 10.0 Å². The zero-order chi connectivity index (χ0) is 21.1. The number of ether oxygens (including phenoxy) is 2. The number of halogens is 2. The predicted molar refractivity (Wildman–Crippen MR) is 120 cm³/mol. The quantitative estimate of drug-likeness (QED) is 0.323. The minimum Gasteiger partial charge on any atom is -0.489 e. The number of carbonyl (C=O) groups is 1. The highest BCUT2D eigenvalue weighted by atomic mass is 35.5. The molecule has 0 aliphatic carbocycles. The molecule has 5 heteroatoms. The minimum absolute atomic E-state index is 0.339. The van der Waals surface area contributed by atoms with Crippen LogP contribution in [0.4, 0.5) is 0 Å². The van der Waals surface area contributed by atoms with Crippen LogP contribution in [0.5, 0.6) is 5.75 Å². The Labute approximate surface area is 185 Å². The summed E-state index contributed by atoms with van der Waals surface area (Å²) in [4.78, 5) is 12.2. The van der Waals surface area contributed by atoms with Gasteiger partial charge in [0.25, 0.3) is 0 Å². The van der Waals surface area contributed by atoms with Crippen molar-refractivity contribution in [2.45, 2.75) is 13.5 Å². The van der Waals surface area contributed by atoms with Gasteiger partial charge in [-0.1, -0.05) is 71.2 Å². The molecule has 0 radical (unpaired) electrons. The van der Waals surface area contributed by atoms with Crippen molar-refractivity contribution in [2.75, 3.05) is 0 Å². The molecule has 1 heterocycles. The summed E-state index contributed by atoms with van der Waals surface area (Å²) in [5.41, 5.74) is 4.27. The first-order valence-electron chi connectivity index (χ1n) is 9.37. The van der Waals surface area contributed by atoms with Crippen molar-refractivity contribution < 1.29 is 14.3 Å². The topological polar surface area (TPSA) is 35.5 Å². The molecule has 0 bridgehead atoms. The Morgan fingerprint density at radius 2 is 1.70 bits per heavy atom. The smallest absolute Gasteiger partial charge is 0.343 e. The van der Waals surface area contributed by atoms with Crippen LogP contribution in [0.25, 0.3) is 11.8 Å². The first-order chi connectivity index (χ1) is 14.5. The SMILES string of the molecule is Cc1ccc(C2=C/C(=C/c3ccc(OCc4ccc(Cl)cc4Cl)cc3)C(=O)O2)cc1. The third-order valence-electron chi connectivity index (χ3n) is 4.67. The second-order valence-corrected chi connectivity index (χ2v) is 7.80. The van der Waals surface area contributed by atoms with Gasteiger partial charge in [-0.05, 0) is 48.9 Å². The Kier molecular flexibility index (Phi) is 5.93. The van der Waals surface area contributed by atoms with E-state index in [1.807, 2.05) is 61.5 Å². The molecule has 0 unspecified atom stereocenters. The van der Waals surface area contributed by atoms with Crippen molar-refractivity contribution in [3.63, 3.8) is 0 Å². The van der Waals surface area contributed by atoms with Crippen LogP contribution in [0, 0.1) is 6.92 Å². The Bertz CT molecular complexity index is 1140. The largest absolute Gasteiger partial charge is 0.489 e. The monoisotopic (exact) mass is 436 g/mol. The van der Waals surface area contributed by atoms with Gasteiger partial charge < -0.3 is 9.47 Å². The van der Waals surface area contributed by atoms with Crippen molar-refractivity contribution in [3.05, 3.63) is 111 Å². The van der Waals surface area contributed by atoms with Crippen molar-refractivity contribution >= 4 is 41.0 Å². The number of esters is 1. The Hall–Kier alpha value is -3.01. The molecule has 30 heavy (non-hydrogen) atoms. The number of hydrogen-bond donors (Lipinski definition) is 0. The molecule has 3 aromatic carbocycles. The number of benzene rings is 3. The zero-order valence-electron chi connectivity index (χ0n) is 16.2. The highest BCUT2D eigenvalue weighted by molar-refractivity contribution is 6.35. The molecule has 150 valence electrons. The fourth-order valence-electron chi connectivity index (χ4n) is 2.99. The molecule has 1 aliphatic heterocycles. The van der Waals surface area contributed by atoms with Crippen molar-refractivity contribution in [2.24, 2.45) is 0 Å². The first kappa shape index (κ1) is 20.3. The lowest BCUT2D eigenvalue weighted by Crippen LogP contribution is -1.97. The molecule has 0 fully saturated rings. The lowest BCUT2D eigenvalue weighted by Gasteiger charge is -2.08. The molecule has 1 aliphatic rings. The molecule has 0 N–H and O–H groups in total. The molecular formula is C25H18Cl2O3. The molecule has 0 amide bonds. The summed E-state index contributed by atoms with van der Waals surface area (Å²) in [6.07, 6.45) is 3.56. The normalized spacial score (nSPS) is 14.6. The van der Waals surface area contributed by atoms with Gasteiger partial charge in [-0.3, -0.25) is 0 Å². The highest BCUT2D eigenvalue weighted by Gasteiger charge is 2.21. The van der Waals surface area contributed by atoms with Gasteiger partial charge in [-0.15, -0.1) is 0 Å². The summed E-state index contributed by atoms with van der Waals surface area (Å²) >= 11 is 12.1. The first-order valence-corrected chi connectivity index (χ1v) is 10.1. The van der Waals surface area contributed by atoms with E-state index in [-0.39, 0.29) is 5.97 Å². The minimum atomic E-state index is -0.358. The number of carbonyl (C=O) groups excluding carboxylic acids is 1. The van der Waals surface area contributed by atoms with Gasteiger partial charge >= 0.3 is 5.97 Å². The maximum absolute atomic E-state index is 12.2. The van der Waals surface area contributed by atoms with Crippen molar-refractivity contribution in [3.8, 4) is 5.75 Å². The third-order valence-corrected chi connectivity index (χ3v) is 5.26. The van der Waals surface area contributed by atoms with Crippen molar-refractivity contribution in [1.29, 1.82) is 0 Å². The van der Waals surface area contributed by atoms with Gasteiger partial charge in [0.2, 0.25) is 0 Å². The van der Waals surface area contributed by atoms with E-state index in [1.165, 1.54) is 0 Å². The molecule has 0 atom stereocenters. The van der Waals surface area contributed by atoms with E-state index in [9.17, 15) is 4.79 Å². The van der Waals surface area contributed by atoms with Gasteiger partial charge in [0.05, 0.1) is 5.57 Å². The van der Waals surface area contributed by atoms with Crippen LogP contribution in [-0.4, -0.2) is 5.97 Å². The fourth-order valence-corrected chi connectivity index (χ4v) is 3.45. The fraction of sp³-hybridized carbons (Fsp3) is 0.0800. The van der Waals surface area contributed by atoms with Crippen LogP contribution in [0.3, 0.4) is 0 Å². The maximum Gasteiger partial charge on any atom is 0.343 e. The molecule has 3 nitrogen and oxygen atoms in total. The van der Waals surface area contributed by atoms with E-state index in [2.05, 4.69) is 0 Å². The zero-order valence-corrected chi connectivity index (χ0v) is 17.7. The van der Waals surface area contributed by atoms with Gasteiger partial charge in [0, 0.05) is 21.2 Å². The molecule has 0 aromatic heterocycles. The second kappa shape index (κ2) is 8.78. The molecule has 0 saturated heterocycles. The maximum atomic E-state index is 12.2. The number of cyclic esters (lactones) is 1. The molecule has 0 spiro atoms. The summed E-state index contributed by atoms with van der Waals surface area (Å²) in [6.45, 7) is 2.35. The standard InChI is InChI=1S/C25H18Cl2O3/c1-16-2-6-18(7-3-16)24-13-20(25(28)30-24)12-17-4-10-22(11-5-17)29-15-19-8-9-21(26)14-23(19)27/h2-14H,15H2,1H3/b20-12-. The summed E-state index contributed by atoms with van der Waals surface area (Å²) in [7, 11) is 0. The summed E-state index contributed by atoms with van der Waals surface area (Å²) in [5, 5.41) is 1.16. The molecule has 0 saturated carbocycles. The lowest BCUT2D eigenvalue weighted by atomic mass is 10.1. The Balaban J connectivity index is 1.45. The van der Waals surface area contributed by atoms with Crippen molar-refractivity contribution in [1.82, 2.24) is 0 Å². The predicted octanol–water partition coefficient (Wildman–Crippen LogP) is 6.86. The van der Waals surface area contributed by atoms with Gasteiger partial charge in [-0.2, -0.15) is 0 Å². The number of rotatable bonds is 5. The van der Waals surface area contributed by atoms with Gasteiger partial charge in [0.15, 0.2) is 0 Å². The second-order valence-electron chi connectivity index (χ2n) is 6.96. The van der Waals surface area contributed by atoms with Crippen LogP contribution in [-0.2, 0) is 16.1 Å². The van der Waals surface area contributed by atoms with E-state index in [0.717, 1.165) is 22.3 Å². The van der Waals surface area contributed by atoms with E-state index in [0.29, 0.717) is 33.7 Å². The van der Waals surface area contributed by atoms with Gasteiger partial charge in [-0.25, -0.2) is 4.79 Å². The average molecular weight is 437 g/mol. The summed E-state index contributed by atoms with van der Waals surface area (Å²) in [5.74, 6) is 0.905. The Morgan fingerprint density at radius 1 is 0.967 bits per heavy atom. The molecule has 3 aromatic rings.